The Bertz CT molecular complexity index is 528. The lowest BCUT2D eigenvalue weighted by Crippen LogP contribution is -2.33. The molecule has 0 unspecified atom stereocenters. The van der Waals surface area contributed by atoms with Gasteiger partial charge in [0.05, 0.1) is 10.6 Å². The van der Waals surface area contributed by atoms with E-state index in [0.29, 0.717) is 18.2 Å². The number of carboxylic acid groups (broad SMARTS) is 1. The van der Waals surface area contributed by atoms with Crippen LogP contribution in [0.3, 0.4) is 0 Å². The van der Waals surface area contributed by atoms with Crippen LogP contribution < -0.4 is 10.6 Å². The standard InChI is InChI=1S/C15H19ClN2O3/c16-13-7-6-11(8-12(13)14(19)20)18-15(21)17-9-10-4-2-1-3-5-10/h6-8,10H,1-5,9H2,(H,19,20)(H2,17,18,21). The first kappa shape index (κ1) is 15.6. The first-order valence-corrected chi connectivity index (χ1v) is 7.52. The van der Waals surface area contributed by atoms with Crippen LogP contribution >= 0.6 is 11.6 Å². The van der Waals surface area contributed by atoms with Gasteiger partial charge in [-0.1, -0.05) is 30.9 Å². The molecule has 0 saturated heterocycles. The first-order chi connectivity index (χ1) is 10.1. The second-order valence-corrected chi connectivity index (χ2v) is 5.75. The van der Waals surface area contributed by atoms with Crippen molar-refractivity contribution < 1.29 is 14.7 Å². The summed E-state index contributed by atoms with van der Waals surface area (Å²) < 4.78 is 0. The van der Waals surface area contributed by atoms with E-state index in [9.17, 15) is 9.59 Å². The minimum atomic E-state index is -1.12. The third-order valence-corrected chi connectivity index (χ3v) is 4.06. The van der Waals surface area contributed by atoms with Gasteiger partial charge >= 0.3 is 12.0 Å². The van der Waals surface area contributed by atoms with Gasteiger partial charge in [-0.05, 0) is 37.0 Å². The van der Waals surface area contributed by atoms with Crippen LogP contribution in [-0.2, 0) is 0 Å². The SMILES string of the molecule is O=C(NCC1CCCCC1)Nc1ccc(Cl)c(C(=O)O)c1. The summed E-state index contributed by atoms with van der Waals surface area (Å²) >= 11 is 5.78. The van der Waals surface area contributed by atoms with Crippen LogP contribution in [0.2, 0.25) is 5.02 Å². The fourth-order valence-corrected chi connectivity index (χ4v) is 2.77. The number of hydrogen-bond donors (Lipinski definition) is 3. The van der Waals surface area contributed by atoms with E-state index in [0.717, 1.165) is 12.8 Å². The molecule has 1 aliphatic rings. The molecule has 5 nitrogen and oxygen atoms in total. The minimum Gasteiger partial charge on any atom is -0.478 e. The molecule has 0 bridgehead atoms. The van der Waals surface area contributed by atoms with Crippen LogP contribution in [0.5, 0.6) is 0 Å². The number of carbonyl (C=O) groups excluding carboxylic acids is 1. The number of amides is 2. The van der Waals surface area contributed by atoms with Gasteiger partial charge < -0.3 is 15.7 Å². The third-order valence-electron chi connectivity index (χ3n) is 3.73. The van der Waals surface area contributed by atoms with Gasteiger partial charge in [0.25, 0.3) is 0 Å². The van der Waals surface area contributed by atoms with E-state index in [1.165, 1.54) is 31.4 Å². The second-order valence-electron chi connectivity index (χ2n) is 5.34. The average molecular weight is 311 g/mol. The van der Waals surface area contributed by atoms with Gasteiger partial charge in [-0.2, -0.15) is 0 Å². The van der Waals surface area contributed by atoms with E-state index in [4.69, 9.17) is 16.7 Å². The molecule has 1 aliphatic carbocycles. The third kappa shape index (κ3) is 4.63. The normalized spacial score (nSPS) is 15.5. The maximum Gasteiger partial charge on any atom is 0.337 e. The molecule has 0 aliphatic heterocycles. The van der Waals surface area contributed by atoms with E-state index in [1.807, 2.05) is 0 Å². The van der Waals surface area contributed by atoms with Crippen molar-refractivity contribution in [3.63, 3.8) is 0 Å². The molecular formula is C15H19ClN2O3. The molecule has 0 aromatic heterocycles. The number of anilines is 1. The smallest absolute Gasteiger partial charge is 0.337 e. The first-order valence-electron chi connectivity index (χ1n) is 7.14. The number of halogens is 1. The number of benzene rings is 1. The molecule has 0 heterocycles. The monoisotopic (exact) mass is 310 g/mol. The zero-order chi connectivity index (χ0) is 15.2. The van der Waals surface area contributed by atoms with Crippen LogP contribution in [0.25, 0.3) is 0 Å². The molecule has 1 fully saturated rings. The Labute approximate surface area is 128 Å². The highest BCUT2D eigenvalue weighted by atomic mass is 35.5. The summed E-state index contributed by atoms with van der Waals surface area (Å²) in [7, 11) is 0. The van der Waals surface area contributed by atoms with E-state index in [2.05, 4.69) is 10.6 Å². The topological polar surface area (TPSA) is 78.4 Å². The van der Waals surface area contributed by atoms with Crippen LogP contribution in [0.4, 0.5) is 10.5 Å². The zero-order valence-electron chi connectivity index (χ0n) is 11.7. The summed E-state index contributed by atoms with van der Waals surface area (Å²) in [6, 6.07) is 4.07. The molecule has 0 atom stereocenters. The quantitative estimate of drug-likeness (QED) is 0.792. The molecular weight excluding hydrogens is 292 g/mol. The summed E-state index contributed by atoms with van der Waals surface area (Å²) in [5.74, 6) is -0.574. The molecule has 0 radical (unpaired) electrons. The summed E-state index contributed by atoms with van der Waals surface area (Å²) in [4.78, 5) is 22.8. The Balaban J connectivity index is 1.87. The van der Waals surface area contributed by atoms with Crippen LogP contribution in [0.1, 0.15) is 42.5 Å². The van der Waals surface area contributed by atoms with Crippen molar-refractivity contribution >= 4 is 29.3 Å². The number of hydrogen-bond acceptors (Lipinski definition) is 2. The van der Waals surface area contributed by atoms with Gasteiger partial charge in [0.2, 0.25) is 0 Å². The van der Waals surface area contributed by atoms with E-state index in [-0.39, 0.29) is 16.6 Å². The van der Waals surface area contributed by atoms with Gasteiger partial charge in [-0.25, -0.2) is 9.59 Å². The number of rotatable bonds is 4. The second kappa shape index (κ2) is 7.31. The lowest BCUT2D eigenvalue weighted by atomic mass is 9.89. The van der Waals surface area contributed by atoms with Gasteiger partial charge in [0.15, 0.2) is 0 Å². The van der Waals surface area contributed by atoms with Crippen LogP contribution in [0, 0.1) is 5.92 Å². The van der Waals surface area contributed by atoms with E-state index >= 15 is 0 Å². The highest BCUT2D eigenvalue weighted by molar-refractivity contribution is 6.33. The number of carboxylic acids is 1. The van der Waals surface area contributed by atoms with Crippen molar-refractivity contribution in [2.75, 3.05) is 11.9 Å². The predicted octanol–water partition coefficient (Wildman–Crippen LogP) is 3.74. The van der Waals surface area contributed by atoms with Crippen molar-refractivity contribution in [3.05, 3.63) is 28.8 Å². The highest BCUT2D eigenvalue weighted by Gasteiger charge is 2.15. The summed E-state index contributed by atoms with van der Waals surface area (Å²) in [5.41, 5.74) is 0.389. The minimum absolute atomic E-state index is 0.0262. The molecule has 21 heavy (non-hydrogen) atoms. The van der Waals surface area contributed by atoms with Crippen molar-refractivity contribution in [2.45, 2.75) is 32.1 Å². The number of aromatic carboxylic acids is 1. The molecule has 1 aromatic carbocycles. The highest BCUT2D eigenvalue weighted by Crippen LogP contribution is 2.23. The van der Waals surface area contributed by atoms with Gasteiger partial charge in [0.1, 0.15) is 0 Å². The molecule has 114 valence electrons. The summed E-state index contributed by atoms with van der Waals surface area (Å²) in [6.45, 7) is 0.658. The Hall–Kier alpha value is -1.75. The van der Waals surface area contributed by atoms with Crippen LogP contribution in [0.15, 0.2) is 18.2 Å². The molecule has 0 spiro atoms. The molecule has 1 saturated carbocycles. The van der Waals surface area contributed by atoms with Gasteiger partial charge in [-0.3, -0.25) is 0 Å². The van der Waals surface area contributed by atoms with Crippen molar-refractivity contribution in [1.29, 1.82) is 0 Å². The lowest BCUT2D eigenvalue weighted by Gasteiger charge is -2.21. The molecule has 2 amide bonds. The Morgan fingerprint density at radius 1 is 1.24 bits per heavy atom. The molecule has 2 rings (SSSR count). The van der Waals surface area contributed by atoms with Gasteiger partial charge in [-0.15, -0.1) is 0 Å². The lowest BCUT2D eigenvalue weighted by molar-refractivity contribution is 0.0697. The number of carbonyl (C=O) groups is 2. The zero-order valence-corrected chi connectivity index (χ0v) is 12.4. The fraction of sp³-hybridized carbons (Fsp3) is 0.467. The average Bonchev–Trinajstić information content (AvgIpc) is 2.48. The molecule has 6 heteroatoms. The summed E-state index contributed by atoms with van der Waals surface area (Å²) in [5, 5.41) is 14.6. The van der Waals surface area contributed by atoms with E-state index < -0.39 is 5.97 Å². The van der Waals surface area contributed by atoms with Crippen molar-refractivity contribution in [2.24, 2.45) is 5.92 Å². The summed E-state index contributed by atoms with van der Waals surface area (Å²) in [6.07, 6.45) is 6.06. The Kier molecular flexibility index (Phi) is 5.44. The van der Waals surface area contributed by atoms with E-state index in [1.54, 1.807) is 6.07 Å². The predicted molar refractivity (Wildman–Crippen MR) is 82.0 cm³/mol. The molecule has 3 N–H and O–H groups in total. The van der Waals surface area contributed by atoms with Gasteiger partial charge in [0, 0.05) is 12.2 Å². The van der Waals surface area contributed by atoms with Crippen molar-refractivity contribution in [1.82, 2.24) is 5.32 Å². The largest absolute Gasteiger partial charge is 0.478 e. The maximum atomic E-state index is 11.8. The van der Waals surface area contributed by atoms with Crippen LogP contribution in [-0.4, -0.2) is 23.7 Å². The Morgan fingerprint density at radius 2 is 1.95 bits per heavy atom. The van der Waals surface area contributed by atoms with Crippen molar-refractivity contribution in [3.8, 4) is 0 Å². The number of urea groups is 1. The maximum absolute atomic E-state index is 11.8. The Morgan fingerprint density at radius 3 is 2.62 bits per heavy atom. The molecule has 1 aromatic rings. The number of nitrogens with one attached hydrogen (secondary N) is 2. The fourth-order valence-electron chi connectivity index (χ4n) is 2.57.